The third-order valence-electron chi connectivity index (χ3n) is 17.1. The highest BCUT2D eigenvalue weighted by Gasteiger charge is 2.44. The molecule has 0 spiro atoms. The topological polar surface area (TPSA) is 400 Å². The molecular formula is C65H98N12O17S. The van der Waals surface area contributed by atoms with Crippen molar-refractivity contribution in [3.05, 3.63) is 93.7 Å². The molecule has 0 bridgehead atoms. The summed E-state index contributed by atoms with van der Waals surface area (Å²) in [6, 6.07) is 9.55. The summed E-state index contributed by atoms with van der Waals surface area (Å²) in [5, 5.41) is 37.5. The van der Waals surface area contributed by atoms with Crippen LogP contribution in [0.3, 0.4) is 0 Å². The van der Waals surface area contributed by atoms with Gasteiger partial charge in [-0.05, 0) is 85.6 Å². The zero-order chi connectivity index (χ0) is 71.3. The summed E-state index contributed by atoms with van der Waals surface area (Å²) < 4.78 is 42.3. The molecule has 10 amide bonds. The number of methoxy groups -OCH3 is 2. The summed E-state index contributed by atoms with van der Waals surface area (Å²) in [6.45, 7) is 17.8. The van der Waals surface area contributed by atoms with E-state index in [0.29, 0.717) is 43.2 Å². The maximum absolute atomic E-state index is 14.8. The van der Waals surface area contributed by atoms with Crippen LogP contribution in [0.2, 0.25) is 0 Å². The van der Waals surface area contributed by atoms with E-state index in [0.717, 1.165) is 17.0 Å². The highest BCUT2D eigenvalue weighted by molar-refractivity contribution is 7.90. The van der Waals surface area contributed by atoms with Crippen LogP contribution >= 0.6 is 0 Å². The lowest BCUT2D eigenvalue weighted by atomic mass is 9.89. The van der Waals surface area contributed by atoms with Gasteiger partial charge in [0.15, 0.2) is 9.84 Å². The van der Waals surface area contributed by atoms with Gasteiger partial charge in [-0.3, -0.25) is 48.6 Å². The van der Waals surface area contributed by atoms with Gasteiger partial charge in [0, 0.05) is 59.4 Å². The second-order valence-electron chi connectivity index (χ2n) is 25.3. The number of aromatic nitrogens is 1. The zero-order valence-corrected chi connectivity index (χ0v) is 57.9. The minimum absolute atomic E-state index is 0.0320. The first-order valence-electron chi connectivity index (χ1n) is 31.8. The van der Waals surface area contributed by atoms with Crippen LogP contribution in [0.5, 0.6) is 0 Å². The molecule has 1 aromatic heterocycles. The van der Waals surface area contributed by atoms with E-state index in [1.54, 1.807) is 91.6 Å². The molecule has 4 rings (SSSR count). The summed E-state index contributed by atoms with van der Waals surface area (Å²) in [7, 11) is 1.74. The number of nitrogens with one attached hydrogen (secondary N) is 6. The van der Waals surface area contributed by atoms with Gasteiger partial charge in [0.2, 0.25) is 40.5 Å². The number of anilines is 1. The predicted molar refractivity (Wildman–Crippen MR) is 352 cm³/mol. The van der Waals surface area contributed by atoms with Crippen molar-refractivity contribution in [2.45, 2.75) is 180 Å². The highest BCUT2D eigenvalue weighted by atomic mass is 32.2. The van der Waals surface area contributed by atoms with Crippen molar-refractivity contribution in [2.24, 2.45) is 35.3 Å². The van der Waals surface area contributed by atoms with Crippen molar-refractivity contribution in [1.82, 2.24) is 46.3 Å². The number of benzene rings is 2. The number of nitro groups is 1. The fraction of sp³-hybridized carbons (Fsp3) is 0.600. The number of carbonyl (C=O) groups is 9. The molecule has 0 saturated carbocycles. The van der Waals surface area contributed by atoms with Crippen molar-refractivity contribution in [3.63, 3.8) is 0 Å². The molecule has 0 radical (unpaired) electrons. The third-order valence-corrected chi connectivity index (χ3v) is 18.1. The number of urea groups is 1. The lowest BCUT2D eigenvalue weighted by molar-refractivity contribution is -0.388. The number of amides is 10. The van der Waals surface area contributed by atoms with Gasteiger partial charge < -0.3 is 66.8 Å². The number of hydrogen-bond acceptors (Lipinski definition) is 18. The fourth-order valence-electron chi connectivity index (χ4n) is 11.6. The number of primary amides is 1. The van der Waals surface area contributed by atoms with E-state index in [9.17, 15) is 66.8 Å². The van der Waals surface area contributed by atoms with Gasteiger partial charge in [0.05, 0.1) is 53.7 Å². The number of hydrogen-bond donors (Lipinski definition) is 8. The molecule has 1 aliphatic rings. The van der Waals surface area contributed by atoms with Crippen LogP contribution in [-0.2, 0) is 59.4 Å². The van der Waals surface area contributed by atoms with E-state index >= 15 is 0 Å². The lowest BCUT2D eigenvalue weighted by Gasteiger charge is -2.41. The minimum atomic E-state index is -4.26. The predicted octanol–water partition coefficient (Wildman–Crippen LogP) is 4.61. The van der Waals surface area contributed by atoms with Crippen molar-refractivity contribution in [1.29, 1.82) is 0 Å². The standard InChI is InChI=1S/C65H98N12O17S/c1-16-39(8)54(49(92-13)34-50(78)76-33-21-25-47(76)56(93-14)40(9)57(80)68-41(10)55(79)43-22-18-17-19-23-43)74(11)63(85)52(37(4)5)73-61(84)53(38(6)7)75(12)65(87)94-35-42-26-28-44(29-27-42)69-58(81)45(24-20-32-67-64(66)86)70-60(83)51(36(2)3)72-59(82)46-30-31-48(77(88)89)62(71-46)95(15,90)91/h17-19,22-23,26-31,36-41,45,47,49,51-56,79H,16,20-21,24-25,32-35H2,1-15H3,(H,68,80)(H,69,81)(H,70,83)(H,72,82)(H,73,84)(H3,66,67,86)/t39-,40+,41+,45-,47-,49+,51-,52-,53-,54-,55+,56+/m0/s1. The Bertz CT molecular complexity index is 3250. The molecule has 1 saturated heterocycles. The Morgan fingerprint density at radius 3 is 1.97 bits per heavy atom. The Morgan fingerprint density at radius 2 is 1.42 bits per heavy atom. The quantitative estimate of drug-likeness (QED) is 0.0226. The van der Waals surface area contributed by atoms with E-state index in [1.165, 1.54) is 38.3 Å². The summed E-state index contributed by atoms with van der Waals surface area (Å²) in [5.41, 5.74) is 5.22. The van der Waals surface area contributed by atoms with E-state index in [2.05, 4.69) is 36.9 Å². The van der Waals surface area contributed by atoms with Crippen LogP contribution in [0.15, 0.2) is 71.8 Å². The molecular weight excluding hydrogens is 1250 g/mol. The Morgan fingerprint density at radius 1 is 0.789 bits per heavy atom. The number of sulfone groups is 1. The van der Waals surface area contributed by atoms with E-state index < -0.39 is 157 Å². The maximum atomic E-state index is 14.8. The van der Waals surface area contributed by atoms with Crippen LogP contribution in [0, 0.1) is 39.7 Å². The SMILES string of the molecule is CC[C@H](C)[C@@H]([C@@H](CC(=O)N1CCC[C@H]1[C@H](OC)[C@@H](C)C(=O)N[C@H](C)[C@@H](O)c1ccccc1)OC)N(C)C(=O)[C@@H](NC(=O)[C@H](C(C)C)N(C)C(=O)OCc1ccc(NC(=O)[C@H](CCCNC(N)=O)NC(=O)[C@@H](NC(=O)c2ccc([N+](=O)[O-])c(S(C)(=O)=O)n2)C(C)C)cc1)C(C)C. The van der Waals surface area contributed by atoms with Crippen molar-refractivity contribution in [2.75, 3.05) is 53.0 Å². The van der Waals surface area contributed by atoms with Gasteiger partial charge in [-0.15, -0.1) is 0 Å². The number of nitrogens with two attached hydrogens (primary N) is 1. The molecule has 3 aromatic rings. The fourth-order valence-corrected chi connectivity index (χ4v) is 12.4. The molecule has 9 N–H and O–H groups in total. The zero-order valence-electron chi connectivity index (χ0n) is 57.1. The number of likely N-dealkylation sites (tertiary alicyclic amines) is 1. The number of nitrogens with zero attached hydrogens (tertiary/aromatic N) is 5. The maximum Gasteiger partial charge on any atom is 0.410 e. The number of ether oxygens (including phenoxy) is 3. The molecule has 95 heavy (non-hydrogen) atoms. The number of likely N-dealkylation sites (N-methyl/N-ethyl adjacent to an activating group) is 2. The molecule has 1 aliphatic heterocycles. The summed E-state index contributed by atoms with van der Waals surface area (Å²) in [6.07, 6.45) is -0.747. The molecule has 2 aromatic carbocycles. The number of rotatable bonds is 35. The van der Waals surface area contributed by atoms with E-state index in [4.69, 9.17) is 19.9 Å². The average Bonchev–Trinajstić information content (AvgIpc) is 1.74. The van der Waals surface area contributed by atoms with Crippen LogP contribution in [0.25, 0.3) is 0 Å². The number of pyridine rings is 1. The van der Waals surface area contributed by atoms with Crippen LogP contribution in [0.1, 0.15) is 135 Å². The highest BCUT2D eigenvalue weighted by Crippen LogP contribution is 2.31. The number of aliphatic hydroxyl groups excluding tert-OH is 1. The molecule has 29 nitrogen and oxygen atoms in total. The Kier molecular flexibility index (Phi) is 30.4. The summed E-state index contributed by atoms with van der Waals surface area (Å²) >= 11 is 0. The van der Waals surface area contributed by atoms with Crippen LogP contribution in [0.4, 0.5) is 21.0 Å². The molecule has 12 atom stereocenters. The second-order valence-corrected chi connectivity index (χ2v) is 27.2. The average molecular weight is 1350 g/mol. The molecule has 0 aliphatic carbocycles. The van der Waals surface area contributed by atoms with Gasteiger partial charge in [-0.25, -0.2) is 23.0 Å². The van der Waals surface area contributed by atoms with Crippen LogP contribution < -0.4 is 37.6 Å². The third kappa shape index (κ3) is 22.1. The first-order chi connectivity index (χ1) is 44.6. The van der Waals surface area contributed by atoms with Gasteiger partial charge in [-0.1, -0.05) is 111 Å². The van der Waals surface area contributed by atoms with Crippen LogP contribution in [-0.4, -0.2) is 194 Å². The van der Waals surface area contributed by atoms with Gasteiger partial charge >= 0.3 is 17.8 Å². The molecule has 30 heteroatoms. The van der Waals surface area contributed by atoms with Gasteiger partial charge in [0.25, 0.3) is 5.91 Å². The smallest absolute Gasteiger partial charge is 0.410 e. The van der Waals surface area contributed by atoms with Crippen molar-refractivity contribution in [3.8, 4) is 0 Å². The normalized spacial score (nSPS) is 16.7. The molecule has 2 heterocycles. The first-order valence-corrected chi connectivity index (χ1v) is 33.7. The van der Waals surface area contributed by atoms with Crippen molar-refractivity contribution >= 4 is 74.7 Å². The number of aliphatic hydroxyl groups is 1. The molecule has 526 valence electrons. The van der Waals surface area contributed by atoms with Crippen molar-refractivity contribution < 1.29 is 75.8 Å². The summed E-state index contributed by atoms with van der Waals surface area (Å²) in [5.74, 6) is -6.66. The van der Waals surface area contributed by atoms with Gasteiger partial charge in [-0.2, -0.15) is 0 Å². The second kappa shape index (κ2) is 36.5. The Hall–Kier alpha value is -8.35. The molecule has 0 unspecified atom stereocenters. The molecule has 1 fully saturated rings. The summed E-state index contributed by atoms with van der Waals surface area (Å²) in [4.78, 5) is 142. The largest absolute Gasteiger partial charge is 0.445 e. The minimum Gasteiger partial charge on any atom is -0.445 e. The Balaban J connectivity index is 1.42. The van der Waals surface area contributed by atoms with Gasteiger partial charge in [0.1, 0.15) is 36.5 Å². The number of carbonyl (C=O) groups excluding carboxylic acids is 9. The lowest BCUT2D eigenvalue weighted by Crippen LogP contribution is -2.60. The first kappa shape index (κ1) is 79.1. The van der Waals surface area contributed by atoms with E-state index in [1.807, 2.05) is 32.0 Å². The monoisotopic (exact) mass is 1350 g/mol. The Labute approximate surface area is 556 Å². The van der Waals surface area contributed by atoms with E-state index in [-0.39, 0.29) is 55.8 Å².